The van der Waals surface area contributed by atoms with Crippen molar-refractivity contribution < 1.29 is 23.5 Å². The van der Waals surface area contributed by atoms with Crippen molar-refractivity contribution in [1.29, 1.82) is 0 Å². The van der Waals surface area contributed by atoms with Crippen molar-refractivity contribution in [3.63, 3.8) is 0 Å². The number of hydrogen-bond donors (Lipinski definition) is 0. The number of benzene rings is 2. The minimum Gasteiger partial charge on any atom is -0.460 e. The number of hydrogen-bond acceptors (Lipinski definition) is 6. The van der Waals surface area contributed by atoms with Gasteiger partial charge in [-0.1, -0.05) is 42.5 Å². The summed E-state index contributed by atoms with van der Waals surface area (Å²) in [6, 6.07) is 15.8. The quantitative estimate of drug-likeness (QED) is 0.378. The first-order valence-corrected chi connectivity index (χ1v) is 11.7. The highest BCUT2D eigenvalue weighted by atomic mass is 32.2. The van der Waals surface area contributed by atoms with Crippen molar-refractivity contribution in [3.8, 4) is 0 Å². The molecular weight excluding hydrogens is 431 g/mol. The Morgan fingerprint density at radius 2 is 1.88 bits per heavy atom. The molecule has 1 heterocycles. The molecule has 1 saturated heterocycles. The lowest BCUT2D eigenvalue weighted by molar-refractivity contribution is -0.147. The highest BCUT2D eigenvalue weighted by molar-refractivity contribution is 7.99. The number of thioether (sulfide) groups is 1. The van der Waals surface area contributed by atoms with Crippen molar-refractivity contribution in [3.05, 3.63) is 71.5 Å². The number of esters is 1. The van der Waals surface area contributed by atoms with Gasteiger partial charge in [-0.25, -0.2) is 4.39 Å². The number of amides is 1. The first-order chi connectivity index (χ1) is 15.6. The van der Waals surface area contributed by atoms with E-state index in [4.69, 9.17) is 9.47 Å². The van der Waals surface area contributed by atoms with Crippen molar-refractivity contribution in [2.45, 2.75) is 18.4 Å². The molecule has 0 radical (unpaired) electrons. The van der Waals surface area contributed by atoms with Crippen LogP contribution >= 0.6 is 11.8 Å². The number of ether oxygens (including phenoxy) is 2. The molecule has 0 spiro atoms. The van der Waals surface area contributed by atoms with Crippen LogP contribution in [-0.2, 0) is 25.7 Å². The van der Waals surface area contributed by atoms with E-state index < -0.39 is 0 Å². The molecular formula is C24H29FN2O4S. The molecule has 1 aliphatic heterocycles. The van der Waals surface area contributed by atoms with Crippen molar-refractivity contribution in [2.24, 2.45) is 0 Å². The average molecular weight is 461 g/mol. The van der Waals surface area contributed by atoms with Gasteiger partial charge in [-0.2, -0.15) is 0 Å². The molecule has 1 aliphatic rings. The van der Waals surface area contributed by atoms with Gasteiger partial charge in [0, 0.05) is 32.6 Å². The third-order valence-corrected chi connectivity index (χ3v) is 6.40. The summed E-state index contributed by atoms with van der Waals surface area (Å²) in [5.41, 5.74) is 1.81. The molecule has 0 saturated carbocycles. The molecule has 0 unspecified atom stereocenters. The van der Waals surface area contributed by atoms with E-state index in [9.17, 15) is 14.0 Å². The largest absolute Gasteiger partial charge is 0.460 e. The predicted octanol–water partition coefficient (Wildman–Crippen LogP) is 3.48. The highest BCUT2D eigenvalue weighted by Crippen LogP contribution is 2.37. The maximum Gasteiger partial charge on any atom is 0.320 e. The van der Waals surface area contributed by atoms with Crippen LogP contribution in [0.25, 0.3) is 0 Å². The van der Waals surface area contributed by atoms with Gasteiger partial charge in [-0.15, -0.1) is 11.8 Å². The first kappa shape index (κ1) is 24.2. The normalized spacial score (nSPS) is 15.8. The Labute approximate surface area is 192 Å². The number of halogens is 1. The van der Waals surface area contributed by atoms with Crippen LogP contribution in [0.4, 0.5) is 4.39 Å². The summed E-state index contributed by atoms with van der Waals surface area (Å²) < 4.78 is 23.8. The topological polar surface area (TPSA) is 59.1 Å². The highest BCUT2D eigenvalue weighted by Gasteiger charge is 2.31. The average Bonchev–Trinajstić information content (AvgIpc) is 3.29. The maximum atomic E-state index is 13.3. The van der Waals surface area contributed by atoms with E-state index in [0.29, 0.717) is 26.1 Å². The van der Waals surface area contributed by atoms with Crippen LogP contribution in [0, 0.1) is 5.82 Å². The molecule has 0 aliphatic carbocycles. The fraction of sp³-hybridized carbons (Fsp3) is 0.417. The van der Waals surface area contributed by atoms with Gasteiger partial charge in [0.1, 0.15) is 17.8 Å². The predicted molar refractivity (Wildman–Crippen MR) is 122 cm³/mol. The zero-order valence-electron chi connectivity index (χ0n) is 18.2. The molecule has 32 heavy (non-hydrogen) atoms. The van der Waals surface area contributed by atoms with Crippen LogP contribution < -0.4 is 0 Å². The van der Waals surface area contributed by atoms with Gasteiger partial charge in [0.15, 0.2) is 0 Å². The van der Waals surface area contributed by atoms with Crippen LogP contribution in [0.5, 0.6) is 0 Å². The Morgan fingerprint density at radius 3 is 2.59 bits per heavy atom. The Bertz CT molecular complexity index is 866. The van der Waals surface area contributed by atoms with E-state index in [0.717, 1.165) is 16.9 Å². The van der Waals surface area contributed by atoms with Gasteiger partial charge in [0.25, 0.3) is 0 Å². The summed E-state index contributed by atoms with van der Waals surface area (Å²) in [6.45, 7) is 2.06. The van der Waals surface area contributed by atoms with Gasteiger partial charge in [-0.3, -0.25) is 14.5 Å². The fourth-order valence-electron chi connectivity index (χ4n) is 3.52. The van der Waals surface area contributed by atoms with E-state index >= 15 is 0 Å². The second kappa shape index (κ2) is 12.6. The molecule has 0 aromatic heterocycles. The SMILES string of the molecule is COCCCN(CC(=O)OCc1ccccc1)CC(=O)N1CCS[C@H]1c1ccc(F)cc1. The van der Waals surface area contributed by atoms with Crippen LogP contribution in [0.1, 0.15) is 22.9 Å². The summed E-state index contributed by atoms with van der Waals surface area (Å²) in [7, 11) is 1.62. The second-order valence-corrected chi connectivity index (χ2v) is 8.75. The van der Waals surface area contributed by atoms with E-state index in [1.54, 1.807) is 40.8 Å². The van der Waals surface area contributed by atoms with Gasteiger partial charge < -0.3 is 14.4 Å². The number of carbonyl (C=O) groups excluding carboxylic acids is 2. The van der Waals surface area contributed by atoms with Crippen LogP contribution in [-0.4, -0.2) is 67.3 Å². The van der Waals surface area contributed by atoms with Gasteiger partial charge in [-0.05, 0) is 29.7 Å². The monoisotopic (exact) mass is 460 g/mol. The van der Waals surface area contributed by atoms with Gasteiger partial charge in [0.2, 0.25) is 5.91 Å². The molecule has 0 N–H and O–H groups in total. The van der Waals surface area contributed by atoms with Crippen LogP contribution in [0.3, 0.4) is 0 Å². The summed E-state index contributed by atoms with van der Waals surface area (Å²) in [4.78, 5) is 29.1. The molecule has 1 amide bonds. The lowest BCUT2D eigenvalue weighted by atomic mass is 10.2. The Hall–Kier alpha value is -2.42. The summed E-state index contributed by atoms with van der Waals surface area (Å²) >= 11 is 1.66. The van der Waals surface area contributed by atoms with Crippen LogP contribution in [0.15, 0.2) is 54.6 Å². The third kappa shape index (κ3) is 7.32. The molecule has 1 fully saturated rings. The van der Waals surface area contributed by atoms with Crippen molar-refractivity contribution >= 4 is 23.6 Å². The molecule has 2 aromatic carbocycles. The molecule has 6 nitrogen and oxygen atoms in total. The number of methoxy groups -OCH3 is 1. The smallest absolute Gasteiger partial charge is 0.320 e. The third-order valence-electron chi connectivity index (χ3n) is 5.14. The number of nitrogens with zero attached hydrogens (tertiary/aromatic N) is 2. The molecule has 8 heteroatoms. The zero-order valence-corrected chi connectivity index (χ0v) is 19.1. The minimum absolute atomic E-state index is 0.0322. The van der Waals surface area contributed by atoms with Gasteiger partial charge >= 0.3 is 5.97 Å². The van der Waals surface area contributed by atoms with Crippen LogP contribution in [0.2, 0.25) is 0 Å². The molecule has 2 aromatic rings. The van der Waals surface area contributed by atoms with E-state index in [-0.39, 0.29) is 42.8 Å². The second-order valence-electron chi connectivity index (χ2n) is 7.57. The fourth-order valence-corrected chi connectivity index (χ4v) is 4.80. The van der Waals surface area contributed by atoms with Crippen molar-refractivity contribution in [1.82, 2.24) is 9.80 Å². The number of rotatable bonds is 11. The standard InChI is InChI=1S/C24H29FN2O4S/c1-30-14-5-12-26(17-23(29)31-18-19-6-3-2-4-7-19)16-22(28)27-13-15-32-24(27)20-8-10-21(25)11-9-20/h2-4,6-11,24H,5,12-18H2,1H3/t24-/m0/s1. The lowest BCUT2D eigenvalue weighted by Crippen LogP contribution is -2.42. The Kier molecular flexibility index (Phi) is 9.52. The van der Waals surface area contributed by atoms with Gasteiger partial charge in [0.05, 0.1) is 13.1 Å². The first-order valence-electron chi connectivity index (χ1n) is 10.6. The lowest BCUT2D eigenvalue weighted by Gasteiger charge is -2.28. The minimum atomic E-state index is -0.370. The van der Waals surface area contributed by atoms with E-state index in [1.807, 2.05) is 30.3 Å². The molecule has 1 atom stereocenters. The van der Waals surface area contributed by atoms with E-state index in [2.05, 4.69) is 0 Å². The summed E-state index contributed by atoms with van der Waals surface area (Å²) in [6.07, 6.45) is 0.700. The zero-order chi connectivity index (χ0) is 22.8. The number of carbonyl (C=O) groups is 2. The summed E-state index contributed by atoms with van der Waals surface area (Å²) in [5.74, 6) is 0.0897. The van der Waals surface area contributed by atoms with Crippen molar-refractivity contribution in [2.75, 3.05) is 45.6 Å². The Morgan fingerprint density at radius 1 is 1.12 bits per heavy atom. The molecule has 172 valence electrons. The summed E-state index contributed by atoms with van der Waals surface area (Å²) in [5, 5.41) is -0.144. The van der Waals surface area contributed by atoms with E-state index in [1.165, 1.54) is 12.1 Å². The molecule has 0 bridgehead atoms. The molecule has 3 rings (SSSR count). The Balaban J connectivity index is 1.58. The maximum absolute atomic E-state index is 13.3.